The summed E-state index contributed by atoms with van der Waals surface area (Å²) in [5.74, 6) is -0.185. The van der Waals surface area contributed by atoms with Crippen molar-refractivity contribution in [3.8, 4) is 0 Å². The molecular weight excluding hydrogens is 227 g/mol. The lowest BCUT2D eigenvalue weighted by Crippen LogP contribution is -2.58. The molecule has 0 radical (unpaired) electrons. The van der Waals surface area contributed by atoms with Gasteiger partial charge in [0.15, 0.2) is 0 Å². The third-order valence-corrected chi connectivity index (χ3v) is 4.76. The summed E-state index contributed by atoms with van der Waals surface area (Å²) in [7, 11) is 0. The summed E-state index contributed by atoms with van der Waals surface area (Å²) in [4.78, 5) is 2.57. The number of likely N-dealkylation sites (tertiary alicyclic amines) is 1. The maximum Gasteiger partial charge on any atom is 0.123 e. The summed E-state index contributed by atoms with van der Waals surface area (Å²) in [5.41, 5.74) is 7.72. The normalized spacial score (nSPS) is 24.8. The molecule has 0 spiro atoms. The van der Waals surface area contributed by atoms with Gasteiger partial charge >= 0.3 is 0 Å². The molecule has 2 aliphatic rings. The number of halogens is 1. The second-order valence-corrected chi connectivity index (χ2v) is 5.68. The molecule has 1 saturated heterocycles. The van der Waals surface area contributed by atoms with Gasteiger partial charge in [-0.2, -0.15) is 0 Å². The van der Waals surface area contributed by atoms with E-state index in [2.05, 4.69) is 4.90 Å². The maximum absolute atomic E-state index is 13.0. The highest BCUT2D eigenvalue weighted by molar-refractivity contribution is 5.25. The SMILES string of the molecule is NC(c1ccc(F)cc1)C1(N2CCCC2)CCC1. The zero-order valence-corrected chi connectivity index (χ0v) is 10.7. The van der Waals surface area contributed by atoms with Crippen LogP contribution in [0.2, 0.25) is 0 Å². The van der Waals surface area contributed by atoms with Gasteiger partial charge in [-0.05, 0) is 62.9 Å². The van der Waals surface area contributed by atoms with Gasteiger partial charge in [0, 0.05) is 11.6 Å². The number of benzene rings is 1. The Hall–Kier alpha value is -0.930. The molecule has 1 aromatic carbocycles. The Balaban J connectivity index is 1.84. The highest BCUT2D eigenvalue weighted by Crippen LogP contribution is 2.46. The molecule has 2 nitrogen and oxygen atoms in total. The fourth-order valence-corrected chi connectivity index (χ4v) is 3.51. The van der Waals surface area contributed by atoms with Gasteiger partial charge in [0.25, 0.3) is 0 Å². The maximum atomic E-state index is 13.0. The Kier molecular flexibility index (Phi) is 3.12. The zero-order chi connectivity index (χ0) is 12.6. The standard InChI is InChI=1S/C15H21FN2/c16-13-6-4-12(5-7-13)14(17)15(8-3-9-15)18-10-1-2-11-18/h4-7,14H,1-3,8-11,17H2. The van der Waals surface area contributed by atoms with Crippen molar-refractivity contribution in [1.82, 2.24) is 4.90 Å². The fourth-order valence-electron chi connectivity index (χ4n) is 3.51. The van der Waals surface area contributed by atoms with Crippen LogP contribution in [-0.2, 0) is 0 Å². The number of nitrogens with two attached hydrogens (primary N) is 1. The summed E-state index contributed by atoms with van der Waals surface area (Å²) < 4.78 is 13.0. The first-order valence-corrected chi connectivity index (χ1v) is 6.98. The molecule has 3 heteroatoms. The van der Waals surface area contributed by atoms with Crippen LogP contribution < -0.4 is 5.73 Å². The van der Waals surface area contributed by atoms with Crippen LogP contribution in [0, 0.1) is 5.82 Å². The third kappa shape index (κ3) is 1.86. The van der Waals surface area contributed by atoms with E-state index in [1.54, 1.807) is 0 Å². The van der Waals surface area contributed by atoms with Crippen molar-refractivity contribution in [2.75, 3.05) is 13.1 Å². The lowest BCUT2D eigenvalue weighted by atomic mass is 9.68. The van der Waals surface area contributed by atoms with Crippen molar-refractivity contribution in [3.05, 3.63) is 35.6 Å². The van der Waals surface area contributed by atoms with E-state index in [1.807, 2.05) is 12.1 Å². The van der Waals surface area contributed by atoms with Crippen molar-refractivity contribution >= 4 is 0 Å². The number of nitrogens with zero attached hydrogens (tertiary/aromatic N) is 1. The first kappa shape index (κ1) is 12.1. The van der Waals surface area contributed by atoms with Crippen LogP contribution in [0.3, 0.4) is 0 Å². The van der Waals surface area contributed by atoms with Crippen molar-refractivity contribution in [3.63, 3.8) is 0 Å². The van der Waals surface area contributed by atoms with Gasteiger partial charge < -0.3 is 5.73 Å². The van der Waals surface area contributed by atoms with E-state index >= 15 is 0 Å². The van der Waals surface area contributed by atoms with Gasteiger partial charge in [-0.15, -0.1) is 0 Å². The Morgan fingerprint density at radius 2 is 1.67 bits per heavy atom. The average molecular weight is 248 g/mol. The molecule has 0 aromatic heterocycles. The molecule has 98 valence electrons. The van der Waals surface area contributed by atoms with Gasteiger partial charge in [-0.1, -0.05) is 12.1 Å². The Bertz CT molecular complexity index is 405. The minimum Gasteiger partial charge on any atom is -0.322 e. The van der Waals surface area contributed by atoms with E-state index in [4.69, 9.17) is 5.73 Å². The summed E-state index contributed by atoms with van der Waals surface area (Å²) >= 11 is 0. The summed E-state index contributed by atoms with van der Waals surface area (Å²) in [5, 5.41) is 0. The zero-order valence-electron chi connectivity index (χ0n) is 10.7. The van der Waals surface area contributed by atoms with E-state index in [9.17, 15) is 4.39 Å². The van der Waals surface area contributed by atoms with Crippen molar-refractivity contribution in [1.29, 1.82) is 0 Å². The Morgan fingerprint density at radius 3 is 2.17 bits per heavy atom. The minimum absolute atomic E-state index is 0.0185. The Morgan fingerprint density at radius 1 is 1.06 bits per heavy atom. The molecule has 2 N–H and O–H groups in total. The van der Waals surface area contributed by atoms with Gasteiger partial charge in [0.05, 0.1) is 0 Å². The molecule has 1 unspecified atom stereocenters. The first-order chi connectivity index (χ1) is 8.72. The first-order valence-electron chi connectivity index (χ1n) is 6.98. The van der Waals surface area contributed by atoms with Crippen LogP contribution in [-0.4, -0.2) is 23.5 Å². The predicted octanol–water partition coefficient (Wildman–Crippen LogP) is 2.84. The molecule has 18 heavy (non-hydrogen) atoms. The summed E-state index contributed by atoms with van der Waals surface area (Å²) in [6, 6.07) is 6.74. The van der Waals surface area contributed by atoms with Crippen LogP contribution >= 0.6 is 0 Å². The van der Waals surface area contributed by atoms with Crippen LogP contribution in [0.15, 0.2) is 24.3 Å². The smallest absolute Gasteiger partial charge is 0.123 e. The summed E-state index contributed by atoms with van der Waals surface area (Å²) in [6.45, 7) is 2.35. The number of hydrogen-bond donors (Lipinski definition) is 1. The molecule has 1 atom stereocenters. The molecule has 3 rings (SSSR count). The molecule has 0 bridgehead atoms. The van der Waals surface area contributed by atoms with Gasteiger partial charge in [0.1, 0.15) is 5.82 Å². The van der Waals surface area contributed by atoms with Crippen molar-refractivity contribution < 1.29 is 4.39 Å². The van der Waals surface area contributed by atoms with Crippen LogP contribution in [0.4, 0.5) is 4.39 Å². The average Bonchev–Trinajstić information content (AvgIpc) is 2.82. The van der Waals surface area contributed by atoms with E-state index in [1.165, 1.54) is 57.3 Å². The van der Waals surface area contributed by atoms with Gasteiger partial charge in [-0.3, -0.25) is 4.90 Å². The van der Waals surface area contributed by atoms with Crippen LogP contribution in [0.1, 0.15) is 43.7 Å². The van der Waals surface area contributed by atoms with E-state index in [-0.39, 0.29) is 17.4 Å². The molecule has 1 aliphatic heterocycles. The number of rotatable bonds is 3. The van der Waals surface area contributed by atoms with Crippen molar-refractivity contribution in [2.24, 2.45) is 5.73 Å². The number of hydrogen-bond acceptors (Lipinski definition) is 2. The largest absolute Gasteiger partial charge is 0.322 e. The highest BCUT2D eigenvalue weighted by Gasteiger charge is 2.48. The minimum atomic E-state index is -0.185. The molecule has 0 amide bonds. The molecule has 1 saturated carbocycles. The monoisotopic (exact) mass is 248 g/mol. The van der Waals surface area contributed by atoms with Gasteiger partial charge in [0.2, 0.25) is 0 Å². The molecule has 1 heterocycles. The second-order valence-electron chi connectivity index (χ2n) is 5.68. The molecular formula is C15H21FN2. The molecule has 1 aromatic rings. The van der Waals surface area contributed by atoms with Crippen LogP contribution in [0.25, 0.3) is 0 Å². The third-order valence-electron chi connectivity index (χ3n) is 4.76. The topological polar surface area (TPSA) is 29.3 Å². The van der Waals surface area contributed by atoms with Gasteiger partial charge in [-0.25, -0.2) is 4.39 Å². The molecule has 2 fully saturated rings. The van der Waals surface area contributed by atoms with E-state index in [0.29, 0.717) is 0 Å². The highest BCUT2D eigenvalue weighted by atomic mass is 19.1. The lowest BCUT2D eigenvalue weighted by molar-refractivity contribution is 0.0109. The quantitative estimate of drug-likeness (QED) is 0.891. The van der Waals surface area contributed by atoms with E-state index in [0.717, 1.165) is 5.56 Å². The van der Waals surface area contributed by atoms with Crippen LogP contribution in [0.5, 0.6) is 0 Å². The van der Waals surface area contributed by atoms with E-state index < -0.39 is 0 Å². The Labute approximate surface area is 108 Å². The predicted molar refractivity (Wildman–Crippen MR) is 70.7 cm³/mol. The molecule has 1 aliphatic carbocycles. The van der Waals surface area contributed by atoms with Crippen molar-refractivity contribution in [2.45, 2.75) is 43.7 Å². The lowest BCUT2D eigenvalue weighted by Gasteiger charge is -2.52. The summed E-state index contributed by atoms with van der Waals surface area (Å²) in [6.07, 6.45) is 6.22. The second kappa shape index (κ2) is 4.63. The fraction of sp³-hybridized carbons (Fsp3) is 0.600.